The quantitative estimate of drug-likeness (QED) is 0.473. The molecule has 0 unspecified atom stereocenters. The lowest BCUT2D eigenvalue weighted by Gasteiger charge is -2.02. The molecular weight excluding hydrogens is 256 g/mol. The summed E-state index contributed by atoms with van der Waals surface area (Å²) < 4.78 is 0. The second-order valence-electron chi connectivity index (χ2n) is 3.47. The van der Waals surface area contributed by atoms with Crippen molar-refractivity contribution in [2.45, 2.75) is 0 Å². The number of rotatable bonds is 2. The third-order valence-electron chi connectivity index (χ3n) is 2.21. The van der Waals surface area contributed by atoms with Crippen molar-refractivity contribution in [1.29, 1.82) is 0 Å². The second-order valence-corrected chi connectivity index (χ2v) is 3.47. The summed E-state index contributed by atoms with van der Waals surface area (Å²) in [7, 11) is 0. The molecule has 0 N–H and O–H groups in total. The first-order valence-corrected chi connectivity index (χ1v) is 5.30. The van der Waals surface area contributed by atoms with Crippen LogP contribution < -0.4 is 0 Å². The second kappa shape index (κ2) is 7.55. The Labute approximate surface area is 126 Å². The highest BCUT2D eigenvalue weighted by Crippen LogP contribution is 2.05. The zero-order valence-electron chi connectivity index (χ0n) is 9.41. The van der Waals surface area contributed by atoms with Gasteiger partial charge in [-0.2, -0.15) is 0 Å². The van der Waals surface area contributed by atoms with Crippen molar-refractivity contribution in [3.05, 3.63) is 71.8 Å². The van der Waals surface area contributed by atoms with Crippen LogP contribution in [-0.4, -0.2) is 35.0 Å². The molecule has 4 nitrogen and oxygen atoms in total. The zero-order chi connectivity index (χ0) is 12.8. The minimum atomic E-state index is -0.708. The summed E-state index contributed by atoms with van der Waals surface area (Å²) in [6.45, 7) is 0. The Hall–Kier alpha value is -1.85. The van der Waals surface area contributed by atoms with Crippen molar-refractivity contribution in [2.24, 2.45) is 0 Å². The van der Waals surface area contributed by atoms with Crippen LogP contribution in [0.3, 0.4) is 0 Å². The minimum absolute atomic E-state index is 0. The first-order chi connectivity index (χ1) is 8.77. The fourth-order valence-corrected chi connectivity index (χ4v) is 1.32. The van der Waals surface area contributed by atoms with Gasteiger partial charge in [0.1, 0.15) is 0 Å². The molecule has 0 aromatic heterocycles. The van der Waals surface area contributed by atoms with E-state index >= 15 is 0 Å². The number of carbonyl (C=O) groups is 2. The molecule has 5 heteroatoms. The third-order valence-corrected chi connectivity index (χ3v) is 2.21. The maximum Gasteiger partial charge on any atom is 0.386 e. The zero-order valence-corrected chi connectivity index (χ0v) is 9.41. The molecule has 0 atom stereocenters. The predicted molar refractivity (Wildman–Crippen MR) is 72.3 cm³/mol. The lowest BCUT2D eigenvalue weighted by atomic mass is 10.2. The summed E-state index contributed by atoms with van der Waals surface area (Å²) in [5.41, 5.74) is 0.636. The molecule has 0 bridgehead atoms. The van der Waals surface area contributed by atoms with E-state index in [9.17, 15) is 9.59 Å². The van der Waals surface area contributed by atoms with Crippen LogP contribution in [0.5, 0.6) is 0 Å². The van der Waals surface area contributed by atoms with Crippen molar-refractivity contribution in [3.63, 3.8) is 0 Å². The van der Waals surface area contributed by atoms with Gasteiger partial charge in [0.25, 0.3) is 0 Å². The maximum atomic E-state index is 11.5. The molecule has 0 heterocycles. The van der Waals surface area contributed by atoms with Crippen LogP contribution in [0.2, 0.25) is 0 Å². The number of hydrogen-bond donors (Lipinski definition) is 0. The van der Waals surface area contributed by atoms with E-state index in [2.05, 4.69) is 9.78 Å². The van der Waals surface area contributed by atoms with Gasteiger partial charge in [0.05, 0.1) is 11.1 Å². The Kier molecular flexibility index (Phi) is 6.04. The summed E-state index contributed by atoms with van der Waals surface area (Å²) >= 11 is 0. The Balaban J connectivity index is 0.00000180. The number of benzene rings is 2. The fraction of sp³-hybridized carbons (Fsp3) is 0. The van der Waals surface area contributed by atoms with Crippen LogP contribution in [0, 0.1) is 0 Å². The van der Waals surface area contributed by atoms with Crippen LogP contribution in [-0.2, 0) is 9.78 Å². The van der Waals surface area contributed by atoms with Crippen LogP contribution in [0.15, 0.2) is 60.7 Å². The SMILES string of the molecule is O=C(OOC(=O)c1ccccc1)c1ccccc1.[MgH2]. The van der Waals surface area contributed by atoms with Gasteiger partial charge >= 0.3 is 35.0 Å². The smallest absolute Gasteiger partial charge is 0.242 e. The van der Waals surface area contributed by atoms with Crippen molar-refractivity contribution in [3.8, 4) is 0 Å². The van der Waals surface area contributed by atoms with E-state index in [-0.39, 0.29) is 23.1 Å². The van der Waals surface area contributed by atoms with E-state index in [0.717, 1.165) is 0 Å². The minimum Gasteiger partial charge on any atom is -0.242 e. The van der Waals surface area contributed by atoms with E-state index in [0.29, 0.717) is 11.1 Å². The normalized spacial score (nSPS) is 9.05. The van der Waals surface area contributed by atoms with Crippen molar-refractivity contribution in [1.82, 2.24) is 0 Å². The van der Waals surface area contributed by atoms with Gasteiger partial charge in [-0.1, -0.05) is 36.4 Å². The van der Waals surface area contributed by atoms with Gasteiger partial charge in [0.2, 0.25) is 0 Å². The third kappa shape index (κ3) is 4.38. The molecule has 0 saturated carbocycles. The van der Waals surface area contributed by atoms with E-state index in [4.69, 9.17) is 0 Å². The van der Waals surface area contributed by atoms with E-state index in [1.165, 1.54) is 0 Å². The van der Waals surface area contributed by atoms with Crippen molar-refractivity contribution >= 4 is 35.0 Å². The van der Waals surface area contributed by atoms with Crippen LogP contribution in [0.25, 0.3) is 0 Å². The van der Waals surface area contributed by atoms with E-state index < -0.39 is 11.9 Å². The van der Waals surface area contributed by atoms with Gasteiger partial charge in [-0.3, -0.25) is 0 Å². The Morgan fingerprint density at radius 3 is 1.26 bits per heavy atom. The molecule has 2 aromatic rings. The average molecular weight is 269 g/mol. The Morgan fingerprint density at radius 2 is 0.947 bits per heavy atom. The molecule has 0 spiro atoms. The van der Waals surface area contributed by atoms with Crippen LogP contribution >= 0.6 is 0 Å². The summed E-state index contributed by atoms with van der Waals surface area (Å²) in [4.78, 5) is 31.9. The van der Waals surface area contributed by atoms with Gasteiger partial charge < -0.3 is 0 Å². The predicted octanol–water partition coefficient (Wildman–Crippen LogP) is 1.70. The highest BCUT2D eigenvalue weighted by atomic mass is 24.3. The first kappa shape index (κ1) is 15.2. The highest BCUT2D eigenvalue weighted by Gasteiger charge is 2.12. The molecule has 2 aromatic carbocycles. The number of hydrogen-bond acceptors (Lipinski definition) is 4. The summed E-state index contributed by atoms with van der Waals surface area (Å²) in [5.74, 6) is -1.42. The Bertz CT molecular complexity index is 488. The molecule has 0 saturated heterocycles. The average Bonchev–Trinajstić information content (AvgIpc) is 2.46. The lowest BCUT2D eigenvalue weighted by Crippen LogP contribution is -2.11. The van der Waals surface area contributed by atoms with Gasteiger partial charge in [0, 0.05) is 0 Å². The van der Waals surface area contributed by atoms with Crippen molar-refractivity contribution in [2.75, 3.05) is 0 Å². The maximum absolute atomic E-state index is 11.5. The molecule has 0 aliphatic carbocycles. The monoisotopic (exact) mass is 268 g/mol. The number of carbonyl (C=O) groups excluding carboxylic acids is 2. The van der Waals surface area contributed by atoms with Crippen LogP contribution in [0.1, 0.15) is 20.7 Å². The molecule has 2 rings (SSSR count). The van der Waals surface area contributed by atoms with Gasteiger partial charge in [0.15, 0.2) is 0 Å². The standard InChI is InChI=1S/C14H10O4.Mg.2H/c15-13(11-7-3-1-4-8-11)17-18-14(16)12-9-5-2-6-10-12;;;/h1-10H;;;. The molecule has 0 aliphatic rings. The van der Waals surface area contributed by atoms with Gasteiger partial charge in [-0.25, -0.2) is 19.4 Å². The van der Waals surface area contributed by atoms with Gasteiger partial charge in [-0.15, -0.1) is 0 Å². The summed E-state index contributed by atoms with van der Waals surface area (Å²) in [6, 6.07) is 16.6. The topological polar surface area (TPSA) is 52.6 Å². The summed E-state index contributed by atoms with van der Waals surface area (Å²) in [5, 5.41) is 0. The molecule has 19 heavy (non-hydrogen) atoms. The molecule has 0 radical (unpaired) electrons. The van der Waals surface area contributed by atoms with E-state index in [1.807, 2.05) is 0 Å². The largest absolute Gasteiger partial charge is 0.386 e. The molecule has 0 fully saturated rings. The van der Waals surface area contributed by atoms with Gasteiger partial charge in [-0.05, 0) is 24.3 Å². The first-order valence-electron chi connectivity index (χ1n) is 5.30. The Morgan fingerprint density at radius 1 is 0.632 bits per heavy atom. The lowest BCUT2D eigenvalue weighted by molar-refractivity contribution is -0.187. The summed E-state index contributed by atoms with van der Waals surface area (Å²) in [6.07, 6.45) is 0. The van der Waals surface area contributed by atoms with Crippen molar-refractivity contribution < 1.29 is 19.4 Å². The molecule has 0 amide bonds. The highest BCUT2D eigenvalue weighted by molar-refractivity contribution is 5.92. The molecular formula is C14H12MgO4. The molecule has 94 valence electrons. The fourth-order valence-electron chi connectivity index (χ4n) is 1.32. The van der Waals surface area contributed by atoms with Crippen LogP contribution in [0.4, 0.5) is 0 Å². The molecule has 0 aliphatic heterocycles. The van der Waals surface area contributed by atoms with E-state index in [1.54, 1.807) is 60.7 Å².